The van der Waals surface area contributed by atoms with E-state index in [1.807, 2.05) is 38.1 Å². The molecule has 0 aliphatic rings. The van der Waals surface area contributed by atoms with Crippen molar-refractivity contribution in [3.05, 3.63) is 29.8 Å². The zero-order chi connectivity index (χ0) is 14.3. The van der Waals surface area contributed by atoms with Crippen molar-refractivity contribution in [2.45, 2.75) is 59.0 Å². The summed E-state index contributed by atoms with van der Waals surface area (Å²) in [6.07, 6.45) is 3.30. The summed E-state index contributed by atoms with van der Waals surface area (Å²) in [5, 5.41) is 6.33. The molecular formula is C16H26N2O. The van der Waals surface area contributed by atoms with Crippen molar-refractivity contribution < 1.29 is 4.79 Å². The number of hydrogen-bond acceptors (Lipinski definition) is 2. The highest BCUT2D eigenvalue weighted by Crippen LogP contribution is 2.09. The molecular weight excluding hydrogens is 236 g/mol. The Morgan fingerprint density at radius 2 is 1.84 bits per heavy atom. The van der Waals surface area contributed by atoms with Gasteiger partial charge in [-0.15, -0.1) is 0 Å². The number of benzene rings is 1. The van der Waals surface area contributed by atoms with Gasteiger partial charge in [-0.05, 0) is 38.8 Å². The average Bonchev–Trinajstić information content (AvgIpc) is 2.40. The molecule has 3 nitrogen and oxygen atoms in total. The predicted molar refractivity (Wildman–Crippen MR) is 81.4 cm³/mol. The molecule has 106 valence electrons. The topological polar surface area (TPSA) is 41.1 Å². The predicted octanol–water partition coefficient (Wildman–Crippen LogP) is 3.49. The van der Waals surface area contributed by atoms with Gasteiger partial charge in [0.25, 0.3) is 0 Å². The minimum atomic E-state index is -0.169. The third-order valence-electron chi connectivity index (χ3n) is 3.33. The average molecular weight is 262 g/mol. The Morgan fingerprint density at radius 1 is 1.21 bits per heavy atom. The Kier molecular flexibility index (Phi) is 6.57. The van der Waals surface area contributed by atoms with Gasteiger partial charge in [0.15, 0.2) is 0 Å². The van der Waals surface area contributed by atoms with Crippen LogP contribution in [0.5, 0.6) is 0 Å². The van der Waals surface area contributed by atoms with Crippen molar-refractivity contribution in [1.82, 2.24) is 5.32 Å². The molecule has 0 heterocycles. The molecule has 1 amide bonds. The summed E-state index contributed by atoms with van der Waals surface area (Å²) < 4.78 is 0. The van der Waals surface area contributed by atoms with Crippen LogP contribution in [0.2, 0.25) is 0 Å². The Bertz CT molecular complexity index is 386. The van der Waals surface area contributed by atoms with Crippen LogP contribution in [0.3, 0.4) is 0 Å². The van der Waals surface area contributed by atoms with Crippen LogP contribution < -0.4 is 10.6 Å². The van der Waals surface area contributed by atoms with Crippen molar-refractivity contribution in [2.24, 2.45) is 0 Å². The van der Waals surface area contributed by atoms with E-state index in [9.17, 15) is 4.79 Å². The number of nitrogens with one attached hydrogen (secondary N) is 2. The van der Waals surface area contributed by atoms with Crippen molar-refractivity contribution in [3.8, 4) is 0 Å². The second-order valence-electron chi connectivity index (χ2n) is 5.14. The first kappa shape index (κ1) is 15.7. The fourth-order valence-electron chi connectivity index (χ4n) is 2.07. The molecule has 0 saturated heterocycles. The Morgan fingerprint density at radius 3 is 2.37 bits per heavy atom. The summed E-state index contributed by atoms with van der Waals surface area (Å²) >= 11 is 0. The molecule has 0 aliphatic carbocycles. The first-order valence-corrected chi connectivity index (χ1v) is 7.20. The van der Waals surface area contributed by atoms with Crippen molar-refractivity contribution in [3.63, 3.8) is 0 Å². The van der Waals surface area contributed by atoms with E-state index in [2.05, 4.69) is 24.5 Å². The molecule has 0 bridgehead atoms. The molecule has 2 atom stereocenters. The van der Waals surface area contributed by atoms with Crippen LogP contribution in [0.15, 0.2) is 24.3 Å². The van der Waals surface area contributed by atoms with Crippen LogP contribution in [0.25, 0.3) is 0 Å². The Hall–Kier alpha value is -1.35. The fourth-order valence-corrected chi connectivity index (χ4v) is 2.07. The van der Waals surface area contributed by atoms with E-state index >= 15 is 0 Å². The highest BCUT2D eigenvalue weighted by molar-refractivity contribution is 5.94. The maximum absolute atomic E-state index is 12.1. The van der Waals surface area contributed by atoms with Gasteiger partial charge in [-0.1, -0.05) is 38.0 Å². The van der Waals surface area contributed by atoms with Crippen LogP contribution in [-0.2, 0) is 4.79 Å². The van der Waals surface area contributed by atoms with Gasteiger partial charge in [0, 0.05) is 11.7 Å². The normalized spacial score (nSPS) is 13.9. The standard InChI is InChI=1S/C16H26N2O/c1-5-7-14(6-2)17-13(4)16(19)18-15-10-8-12(3)9-11-15/h8-11,13-14,17H,5-7H2,1-4H3,(H,18,19). The number of carbonyl (C=O) groups is 1. The quantitative estimate of drug-likeness (QED) is 0.789. The number of rotatable bonds is 7. The monoisotopic (exact) mass is 262 g/mol. The molecule has 0 radical (unpaired) electrons. The first-order chi connectivity index (χ1) is 9.06. The number of amides is 1. The highest BCUT2D eigenvalue weighted by atomic mass is 16.2. The molecule has 0 aliphatic heterocycles. The summed E-state index contributed by atoms with van der Waals surface area (Å²) in [5.41, 5.74) is 2.05. The van der Waals surface area contributed by atoms with E-state index in [0.717, 1.165) is 24.9 Å². The largest absolute Gasteiger partial charge is 0.325 e. The molecule has 3 heteroatoms. The number of aryl methyl sites for hydroxylation is 1. The van der Waals surface area contributed by atoms with Gasteiger partial charge in [-0.3, -0.25) is 4.79 Å². The van der Waals surface area contributed by atoms with Crippen LogP contribution >= 0.6 is 0 Å². The minimum absolute atomic E-state index is 0.0263. The molecule has 19 heavy (non-hydrogen) atoms. The van der Waals surface area contributed by atoms with Crippen LogP contribution in [0, 0.1) is 6.92 Å². The summed E-state index contributed by atoms with van der Waals surface area (Å²) in [6.45, 7) is 8.27. The lowest BCUT2D eigenvalue weighted by molar-refractivity contribution is -0.118. The van der Waals surface area contributed by atoms with E-state index in [4.69, 9.17) is 0 Å². The molecule has 1 aromatic rings. The third kappa shape index (κ3) is 5.43. The highest BCUT2D eigenvalue weighted by Gasteiger charge is 2.16. The molecule has 0 fully saturated rings. The number of anilines is 1. The van der Waals surface area contributed by atoms with Crippen molar-refractivity contribution >= 4 is 11.6 Å². The van der Waals surface area contributed by atoms with Crippen LogP contribution in [-0.4, -0.2) is 18.0 Å². The third-order valence-corrected chi connectivity index (χ3v) is 3.33. The van der Waals surface area contributed by atoms with E-state index < -0.39 is 0 Å². The van der Waals surface area contributed by atoms with Gasteiger partial charge >= 0.3 is 0 Å². The number of hydrogen-bond donors (Lipinski definition) is 2. The molecule has 0 aromatic heterocycles. The summed E-state index contributed by atoms with van der Waals surface area (Å²) in [6, 6.07) is 8.12. The smallest absolute Gasteiger partial charge is 0.241 e. The zero-order valence-corrected chi connectivity index (χ0v) is 12.5. The lowest BCUT2D eigenvalue weighted by Gasteiger charge is -2.21. The summed E-state index contributed by atoms with van der Waals surface area (Å²) in [4.78, 5) is 12.1. The lowest BCUT2D eigenvalue weighted by atomic mass is 10.1. The second kappa shape index (κ2) is 7.95. The van der Waals surface area contributed by atoms with Gasteiger partial charge in [-0.25, -0.2) is 0 Å². The van der Waals surface area contributed by atoms with E-state index in [0.29, 0.717) is 6.04 Å². The zero-order valence-electron chi connectivity index (χ0n) is 12.5. The Balaban J connectivity index is 2.50. The second-order valence-corrected chi connectivity index (χ2v) is 5.14. The minimum Gasteiger partial charge on any atom is -0.325 e. The maximum atomic E-state index is 12.1. The Labute approximate surface area is 116 Å². The fraction of sp³-hybridized carbons (Fsp3) is 0.562. The molecule has 1 aromatic carbocycles. The summed E-state index contributed by atoms with van der Waals surface area (Å²) in [5.74, 6) is 0.0263. The first-order valence-electron chi connectivity index (χ1n) is 7.20. The van der Waals surface area contributed by atoms with Gasteiger partial charge in [0.05, 0.1) is 6.04 Å². The van der Waals surface area contributed by atoms with Crippen molar-refractivity contribution in [2.75, 3.05) is 5.32 Å². The molecule has 2 unspecified atom stereocenters. The van der Waals surface area contributed by atoms with Crippen LogP contribution in [0.4, 0.5) is 5.69 Å². The number of carbonyl (C=O) groups excluding carboxylic acids is 1. The summed E-state index contributed by atoms with van der Waals surface area (Å²) in [7, 11) is 0. The van der Waals surface area contributed by atoms with Gasteiger partial charge in [0.1, 0.15) is 0 Å². The van der Waals surface area contributed by atoms with Gasteiger partial charge < -0.3 is 10.6 Å². The van der Waals surface area contributed by atoms with E-state index in [1.54, 1.807) is 0 Å². The molecule has 2 N–H and O–H groups in total. The SMILES string of the molecule is CCCC(CC)NC(C)C(=O)Nc1ccc(C)cc1. The molecule has 0 spiro atoms. The van der Waals surface area contributed by atoms with Crippen molar-refractivity contribution in [1.29, 1.82) is 0 Å². The lowest BCUT2D eigenvalue weighted by Crippen LogP contribution is -2.43. The molecule has 1 rings (SSSR count). The van der Waals surface area contributed by atoms with E-state index in [1.165, 1.54) is 5.56 Å². The van der Waals surface area contributed by atoms with Gasteiger partial charge in [0.2, 0.25) is 5.91 Å². The van der Waals surface area contributed by atoms with E-state index in [-0.39, 0.29) is 11.9 Å². The van der Waals surface area contributed by atoms with Crippen LogP contribution in [0.1, 0.15) is 45.6 Å². The molecule has 0 saturated carbocycles. The maximum Gasteiger partial charge on any atom is 0.241 e. The van der Waals surface area contributed by atoms with Gasteiger partial charge in [-0.2, -0.15) is 0 Å².